The van der Waals surface area contributed by atoms with Crippen molar-refractivity contribution in [1.29, 1.82) is 0 Å². The van der Waals surface area contributed by atoms with Crippen molar-refractivity contribution in [2.45, 2.75) is 45.4 Å². The Morgan fingerprint density at radius 2 is 1.89 bits per heavy atom. The molecule has 1 rings (SSSR count). The number of benzene rings is 1. The van der Waals surface area contributed by atoms with Gasteiger partial charge in [0, 0.05) is 6.54 Å². The fourth-order valence-electron chi connectivity index (χ4n) is 2.55. The zero-order valence-electron chi connectivity index (χ0n) is 11.8. The fraction of sp³-hybridized carbons (Fsp3) is 0.562. The van der Waals surface area contributed by atoms with Gasteiger partial charge in [-0.15, -0.1) is 0 Å². The maximum absolute atomic E-state index is 11.4. The number of rotatable bonds is 9. The van der Waals surface area contributed by atoms with Gasteiger partial charge in [-0.2, -0.15) is 0 Å². The SMILES string of the molecule is CCCC(CN)(CCCCc1ccccc1)C(=O)O. The first kappa shape index (κ1) is 15.7. The van der Waals surface area contributed by atoms with Crippen LogP contribution in [-0.4, -0.2) is 17.6 Å². The van der Waals surface area contributed by atoms with Crippen LogP contribution in [0.5, 0.6) is 0 Å². The van der Waals surface area contributed by atoms with Crippen LogP contribution in [0.1, 0.15) is 44.6 Å². The van der Waals surface area contributed by atoms with Gasteiger partial charge in [-0.3, -0.25) is 4.79 Å². The van der Waals surface area contributed by atoms with Gasteiger partial charge >= 0.3 is 5.97 Å². The summed E-state index contributed by atoms with van der Waals surface area (Å²) in [6, 6.07) is 10.3. The lowest BCUT2D eigenvalue weighted by molar-refractivity contribution is -0.149. The number of aliphatic carboxylic acids is 1. The van der Waals surface area contributed by atoms with Crippen molar-refractivity contribution in [2.75, 3.05) is 6.54 Å². The average Bonchev–Trinajstić information content (AvgIpc) is 2.43. The molecule has 19 heavy (non-hydrogen) atoms. The molecule has 0 saturated heterocycles. The second kappa shape index (κ2) is 7.95. The highest BCUT2D eigenvalue weighted by Crippen LogP contribution is 2.30. The van der Waals surface area contributed by atoms with Crippen LogP contribution in [-0.2, 0) is 11.2 Å². The lowest BCUT2D eigenvalue weighted by Gasteiger charge is -2.27. The Morgan fingerprint density at radius 1 is 1.21 bits per heavy atom. The van der Waals surface area contributed by atoms with E-state index in [0.717, 1.165) is 25.7 Å². The molecule has 1 unspecified atom stereocenters. The minimum Gasteiger partial charge on any atom is -0.481 e. The predicted octanol–water partition coefficient (Wildman–Crippen LogP) is 3.23. The van der Waals surface area contributed by atoms with E-state index in [2.05, 4.69) is 12.1 Å². The topological polar surface area (TPSA) is 63.3 Å². The van der Waals surface area contributed by atoms with Gasteiger partial charge < -0.3 is 10.8 Å². The fourth-order valence-corrected chi connectivity index (χ4v) is 2.55. The highest BCUT2D eigenvalue weighted by atomic mass is 16.4. The minimum absolute atomic E-state index is 0.238. The zero-order valence-corrected chi connectivity index (χ0v) is 11.8. The molecule has 0 radical (unpaired) electrons. The summed E-state index contributed by atoms with van der Waals surface area (Å²) in [5.41, 5.74) is 6.30. The molecule has 3 N–H and O–H groups in total. The summed E-state index contributed by atoms with van der Waals surface area (Å²) in [6.07, 6.45) is 5.15. The van der Waals surface area contributed by atoms with Crippen LogP contribution in [0.25, 0.3) is 0 Å². The molecule has 1 aromatic rings. The summed E-state index contributed by atoms with van der Waals surface area (Å²) < 4.78 is 0. The maximum Gasteiger partial charge on any atom is 0.310 e. The molecule has 0 aliphatic rings. The largest absolute Gasteiger partial charge is 0.481 e. The Morgan fingerprint density at radius 3 is 2.42 bits per heavy atom. The molecule has 1 aromatic carbocycles. The monoisotopic (exact) mass is 263 g/mol. The van der Waals surface area contributed by atoms with E-state index in [1.807, 2.05) is 25.1 Å². The number of carboxylic acids is 1. The Balaban J connectivity index is 2.42. The molecule has 0 amide bonds. The number of carboxylic acid groups (broad SMARTS) is 1. The average molecular weight is 263 g/mol. The van der Waals surface area contributed by atoms with E-state index < -0.39 is 11.4 Å². The highest BCUT2D eigenvalue weighted by Gasteiger charge is 2.35. The van der Waals surface area contributed by atoms with Crippen LogP contribution in [0.3, 0.4) is 0 Å². The summed E-state index contributed by atoms with van der Waals surface area (Å²) in [4.78, 5) is 11.4. The van der Waals surface area contributed by atoms with Crippen molar-refractivity contribution in [3.05, 3.63) is 35.9 Å². The van der Waals surface area contributed by atoms with Crippen LogP contribution in [0.4, 0.5) is 0 Å². The van der Waals surface area contributed by atoms with Crippen molar-refractivity contribution in [3.8, 4) is 0 Å². The van der Waals surface area contributed by atoms with Crippen LogP contribution in [0.15, 0.2) is 30.3 Å². The van der Waals surface area contributed by atoms with E-state index in [0.29, 0.717) is 12.8 Å². The number of hydrogen-bond acceptors (Lipinski definition) is 2. The van der Waals surface area contributed by atoms with Crippen molar-refractivity contribution >= 4 is 5.97 Å². The minimum atomic E-state index is -0.739. The molecule has 0 saturated carbocycles. The molecular weight excluding hydrogens is 238 g/mol. The van der Waals surface area contributed by atoms with Crippen LogP contribution in [0, 0.1) is 5.41 Å². The lowest BCUT2D eigenvalue weighted by Crippen LogP contribution is -2.38. The maximum atomic E-state index is 11.4. The number of carbonyl (C=O) groups is 1. The Labute approximate surface area is 115 Å². The molecule has 3 heteroatoms. The third-order valence-corrected chi connectivity index (χ3v) is 3.79. The van der Waals surface area contributed by atoms with Crippen molar-refractivity contribution in [1.82, 2.24) is 0 Å². The Hall–Kier alpha value is -1.35. The highest BCUT2D eigenvalue weighted by molar-refractivity contribution is 5.74. The molecule has 0 aromatic heterocycles. The first-order valence-electron chi connectivity index (χ1n) is 7.12. The summed E-state index contributed by atoms with van der Waals surface area (Å²) in [5.74, 6) is -0.739. The van der Waals surface area contributed by atoms with E-state index in [1.54, 1.807) is 0 Å². The molecule has 1 atom stereocenters. The third-order valence-electron chi connectivity index (χ3n) is 3.79. The van der Waals surface area contributed by atoms with E-state index in [-0.39, 0.29) is 6.54 Å². The van der Waals surface area contributed by atoms with Crippen LogP contribution >= 0.6 is 0 Å². The zero-order chi connectivity index (χ0) is 14.1. The van der Waals surface area contributed by atoms with E-state index in [1.165, 1.54) is 5.56 Å². The van der Waals surface area contributed by atoms with Crippen LogP contribution in [0.2, 0.25) is 0 Å². The van der Waals surface area contributed by atoms with Crippen LogP contribution < -0.4 is 5.73 Å². The van der Waals surface area contributed by atoms with Gasteiger partial charge in [0.1, 0.15) is 0 Å². The third kappa shape index (κ3) is 4.67. The van der Waals surface area contributed by atoms with E-state index >= 15 is 0 Å². The first-order chi connectivity index (χ1) is 9.14. The van der Waals surface area contributed by atoms with Gasteiger partial charge in [-0.25, -0.2) is 0 Å². The normalized spacial score (nSPS) is 14.0. The van der Waals surface area contributed by atoms with Crippen molar-refractivity contribution in [3.63, 3.8) is 0 Å². The quantitative estimate of drug-likeness (QED) is 0.672. The summed E-state index contributed by atoms with van der Waals surface area (Å²) in [6.45, 7) is 2.25. The van der Waals surface area contributed by atoms with E-state index in [9.17, 15) is 9.90 Å². The van der Waals surface area contributed by atoms with Gasteiger partial charge in [-0.05, 0) is 31.2 Å². The van der Waals surface area contributed by atoms with Gasteiger partial charge in [0.05, 0.1) is 5.41 Å². The number of nitrogens with two attached hydrogens (primary N) is 1. The second-order valence-corrected chi connectivity index (χ2v) is 5.23. The van der Waals surface area contributed by atoms with Crippen molar-refractivity contribution in [2.24, 2.45) is 11.1 Å². The number of aryl methyl sites for hydroxylation is 1. The van der Waals surface area contributed by atoms with Crippen molar-refractivity contribution < 1.29 is 9.90 Å². The Kier molecular flexibility index (Phi) is 6.57. The summed E-state index contributed by atoms with van der Waals surface area (Å²) in [5, 5.41) is 9.39. The molecule has 0 aliphatic carbocycles. The standard InChI is InChI=1S/C16H25NO2/c1-2-11-16(13-17,15(18)19)12-7-6-10-14-8-4-3-5-9-14/h3-5,8-9H,2,6-7,10-13,17H2,1H3,(H,18,19). The number of unbranched alkanes of at least 4 members (excludes halogenated alkanes) is 1. The molecule has 0 fully saturated rings. The van der Waals surface area contributed by atoms with Gasteiger partial charge in [0.2, 0.25) is 0 Å². The molecule has 0 spiro atoms. The first-order valence-corrected chi connectivity index (χ1v) is 7.12. The van der Waals surface area contributed by atoms with Gasteiger partial charge in [0.25, 0.3) is 0 Å². The molecule has 0 heterocycles. The van der Waals surface area contributed by atoms with E-state index in [4.69, 9.17) is 5.73 Å². The molecule has 3 nitrogen and oxygen atoms in total. The lowest BCUT2D eigenvalue weighted by atomic mass is 9.78. The van der Waals surface area contributed by atoms with Gasteiger partial charge in [-0.1, -0.05) is 50.1 Å². The smallest absolute Gasteiger partial charge is 0.310 e. The predicted molar refractivity (Wildman–Crippen MR) is 78.0 cm³/mol. The number of hydrogen-bond donors (Lipinski definition) is 2. The molecule has 0 bridgehead atoms. The molecular formula is C16H25NO2. The second-order valence-electron chi connectivity index (χ2n) is 5.23. The van der Waals surface area contributed by atoms with Gasteiger partial charge in [0.15, 0.2) is 0 Å². The summed E-state index contributed by atoms with van der Waals surface area (Å²) in [7, 11) is 0. The molecule has 106 valence electrons. The Bertz CT molecular complexity index is 378. The summed E-state index contributed by atoms with van der Waals surface area (Å²) >= 11 is 0. The molecule has 0 aliphatic heterocycles.